The number of aromatic nitrogens is 1. The van der Waals surface area contributed by atoms with E-state index < -0.39 is 5.92 Å². The number of alkyl halides is 2. The van der Waals surface area contributed by atoms with Gasteiger partial charge in [0.1, 0.15) is 5.69 Å². The number of halogens is 2. The molecule has 0 radical (unpaired) electrons. The van der Waals surface area contributed by atoms with Gasteiger partial charge in [-0.15, -0.1) is 0 Å². The summed E-state index contributed by atoms with van der Waals surface area (Å²) in [6.45, 7) is 19.9. The second-order valence-corrected chi connectivity index (χ2v) is 11.8. The van der Waals surface area contributed by atoms with E-state index in [4.69, 9.17) is 0 Å². The van der Waals surface area contributed by atoms with E-state index in [1.807, 2.05) is 13.8 Å². The molecular weight excluding hydrogens is 629 g/mol. The Morgan fingerprint density at radius 2 is 1.94 bits per heavy atom. The van der Waals surface area contributed by atoms with E-state index in [1.54, 1.807) is 25.8 Å². The second kappa shape index (κ2) is 15.7. The fourth-order valence-electron chi connectivity index (χ4n) is 4.03. The van der Waals surface area contributed by atoms with Gasteiger partial charge in [0.2, 0.25) is 0 Å². The quantitative estimate of drug-likeness (QED) is 0.319. The fraction of sp³-hybridized carbons (Fsp3) is 0.552. The molecule has 2 aromatic rings. The summed E-state index contributed by atoms with van der Waals surface area (Å²) in [5, 5.41) is 6.61. The molecule has 3 rings (SSSR count). The van der Waals surface area contributed by atoms with Crippen LogP contribution < -0.4 is 13.7 Å². The molecule has 0 amide bonds. The summed E-state index contributed by atoms with van der Waals surface area (Å²) < 4.78 is 27.8. The van der Waals surface area contributed by atoms with Crippen LogP contribution in [-0.2, 0) is 38.5 Å². The van der Waals surface area contributed by atoms with Gasteiger partial charge in [0, 0.05) is 37.0 Å². The zero-order chi connectivity index (χ0) is 26.6. The van der Waals surface area contributed by atoms with Gasteiger partial charge in [-0.2, -0.15) is 8.78 Å². The third kappa shape index (κ3) is 9.91. The van der Waals surface area contributed by atoms with Gasteiger partial charge in [0.15, 0.2) is 0 Å². The van der Waals surface area contributed by atoms with E-state index in [-0.39, 0.29) is 5.69 Å². The molecule has 1 saturated heterocycles. The molecular formula is C29H44F2HgN3. The number of benzene rings is 1. The number of aryl methyl sites for hydroxylation is 1. The average molecular weight is 673 g/mol. The Hall–Kier alpha value is -1.33. The standard InChI is InChI=1S/C14H19F2N3.C13H19.C2H6.Hg/c1-10(19-12-4-3-7-17-9-12)11-5-6-13(18-8-11)14(2,15)16;1-5-10(3)13-8-7-12(6-2)11(4)9-13;1-2;/h5-6,8,12,17,19H,1,3-4,7,9H2,2H3;7-8,10H,5-6H2,1-4H3;1-2H3;. The van der Waals surface area contributed by atoms with E-state index in [0.29, 0.717) is 6.04 Å². The van der Waals surface area contributed by atoms with E-state index in [0.717, 1.165) is 76.2 Å². The molecule has 35 heavy (non-hydrogen) atoms. The molecule has 1 aromatic carbocycles. The number of piperidine rings is 1. The summed E-state index contributed by atoms with van der Waals surface area (Å²) in [5.74, 6) is -2.16. The van der Waals surface area contributed by atoms with Crippen molar-refractivity contribution < 1.29 is 34.9 Å². The van der Waals surface area contributed by atoms with Crippen molar-refractivity contribution in [3.63, 3.8) is 0 Å². The number of hydrogen-bond donors (Lipinski definition) is 2. The molecule has 0 aliphatic carbocycles. The first-order valence-electron chi connectivity index (χ1n) is 13.0. The summed E-state index contributed by atoms with van der Waals surface area (Å²) in [4.78, 5) is 3.80. The predicted molar refractivity (Wildman–Crippen MR) is 142 cm³/mol. The van der Waals surface area contributed by atoms with Gasteiger partial charge in [-0.05, 0) is 31.5 Å². The first kappa shape index (κ1) is 31.7. The van der Waals surface area contributed by atoms with Gasteiger partial charge in [-0.1, -0.05) is 20.4 Å². The van der Waals surface area contributed by atoms with Crippen molar-refractivity contribution in [2.45, 2.75) is 92.0 Å². The molecule has 2 N–H and O–H groups in total. The number of pyridine rings is 1. The second-order valence-electron chi connectivity index (χ2n) is 9.07. The Balaban J connectivity index is 0.000000341. The van der Waals surface area contributed by atoms with Crippen LogP contribution in [0.5, 0.6) is 0 Å². The van der Waals surface area contributed by atoms with E-state index >= 15 is 0 Å². The van der Waals surface area contributed by atoms with Crippen molar-refractivity contribution in [2.75, 3.05) is 13.1 Å². The van der Waals surface area contributed by atoms with E-state index in [9.17, 15) is 8.78 Å². The van der Waals surface area contributed by atoms with Crippen LogP contribution in [0.1, 0.15) is 94.7 Å². The van der Waals surface area contributed by atoms with Crippen LogP contribution in [0.4, 0.5) is 8.78 Å². The Bertz CT molecular complexity index is 901. The van der Waals surface area contributed by atoms with E-state index in [1.165, 1.54) is 25.1 Å². The molecule has 191 valence electrons. The van der Waals surface area contributed by atoms with Crippen LogP contribution in [0.2, 0.25) is 0 Å². The monoisotopic (exact) mass is 674 g/mol. The third-order valence-electron chi connectivity index (χ3n) is 6.51. The summed E-state index contributed by atoms with van der Waals surface area (Å²) in [7, 11) is 0. The molecule has 1 fully saturated rings. The maximum absolute atomic E-state index is 13.1. The summed E-state index contributed by atoms with van der Waals surface area (Å²) >= 11 is 0.753. The van der Waals surface area contributed by atoms with E-state index in [2.05, 4.69) is 62.0 Å². The van der Waals surface area contributed by atoms with Crippen molar-refractivity contribution >= 4 is 8.77 Å². The van der Waals surface area contributed by atoms with Crippen molar-refractivity contribution in [1.82, 2.24) is 15.6 Å². The van der Waals surface area contributed by atoms with Gasteiger partial charge < -0.3 is 10.6 Å². The van der Waals surface area contributed by atoms with Gasteiger partial charge >= 0.3 is 104 Å². The van der Waals surface area contributed by atoms with Crippen LogP contribution in [0.25, 0.3) is 5.70 Å². The third-order valence-corrected chi connectivity index (χ3v) is 10.2. The Kier molecular flexibility index (Phi) is 14.2. The first-order valence-corrected chi connectivity index (χ1v) is 15.8. The van der Waals surface area contributed by atoms with Gasteiger partial charge in [0.05, 0.1) is 0 Å². The predicted octanol–water partition coefficient (Wildman–Crippen LogP) is 6.77. The summed E-state index contributed by atoms with van der Waals surface area (Å²) in [6, 6.07) is 8.01. The average Bonchev–Trinajstić information content (AvgIpc) is 2.87. The summed E-state index contributed by atoms with van der Waals surface area (Å²) in [6.07, 6.45) is 6.10. The van der Waals surface area contributed by atoms with Crippen LogP contribution >= 0.6 is 0 Å². The fourth-order valence-corrected chi connectivity index (χ4v) is 6.72. The molecule has 1 aliphatic heterocycles. The molecule has 6 heteroatoms. The van der Waals surface area contributed by atoms with Gasteiger partial charge in [-0.25, -0.2) is 0 Å². The topological polar surface area (TPSA) is 37.0 Å². The van der Waals surface area contributed by atoms with Crippen molar-refractivity contribution in [3.05, 3.63) is 65.0 Å². The Labute approximate surface area is 228 Å². The SMILES string of the molecule is C=C(NC1CCCNC1)c1ccc(C(C)(F)F)nc1.CC.CCc1ccc(C(C)CC)[c]([Hg])c1C. The number of hydrogen-bond acceptors (Lipinski definition) is 3. The molecule has 2 heterocycles. The van der Waals surface area contributed by atoms with Crippen LogP contribution in [0, 0.1) is 6.92 Å². The number of nitrogens with one attached hydrogen (secondary N) is 2. The number of nitrogens with zero attached hydrogens (tertiary/aromatic N) is 1. The van der Waals surface area contributed by atoms with Crippen LogP contribution in [0.15, 0.2) is 37.0 Å². The molecule has 0 spiro atoms. The molecule has 0 bridgehead atoms. The molecule has 1 aromatic heterocycles. The zero-order valence-electron chi connectivity index (χ0n) is 22.9. The first-order chi connectivity index (χ1) is 16.6. The van der Waals surface area contributed by atoms with Crippen molar-refractivity contribution in [1.29, 1.82) is 0 Å². The molecule has 2 unspecified atom stereocenters. The maximum atomic E-state index is 13.1. The van der Waals surface area contributed by atoms with Gasteiger partial charge in [-0.3, -0.25) is 4.98 Å². The Morgan fingerprint density at radius 3 is 2.43 bits per heavy atom. The molecule has 3 nitrogen and oxygen atoms in total. The van der Waals surface area contributed by atoms with Gasteiger partial charge in [0.25, 0.3) is 5.92 Å². The minimum absolute atomic E-state index is 0.219. The van der Waals surface area contributed by atoms with Crippen LogP contribution in [-0.4, -0.2) is 24.1 Å². The minimum atomic E-state index is -2.90. The van der Waals surface area contributed by atoms with Crippen molar-refractivity contribution in [2.24, 2.45) is 0 Å². The molecule has 2 atom stereocenters. The van der Waals surface area contributed by atoms with Crippen LogP contribution in [0.3, 0.4) is 0 Å². The molecule has 1 aliphatic rings. The Morgan fingerprint density at radius 1 is 1.26 bits per heavy atom. The van der Waals surface area contributed by atoms with Crippen molar-refractivity contribution in [3.8, 4) is 0 Å². The zero-order valence-corrected chi connectivity index (χ0v) is 28.4. The normalized spacial score (nSPS) is 16.3. The number of rotatable bonds is 7. The molecule has 0 saturated carbocycles. The summed E-state index contributed by atoms with van der Waals surface area (Å²) in [5.41, 5.74) is 6.00.